The minimum Gasteiger partial charge on any atom is -0.348 e. The molecule has 3 aromatic carbocycles. The Morgan fingerprint density at radius 3 is 2.04 bits per heavy atom. The lowest BCUT2D eigenvalue weighted by Gasteiger charge is -2.11. The molecule has 0 fully saturated rings. The van der Waals surface area contributed by atoms with Gasteiger partial charge in [-0.2, -0.15) is 0 Å². The summed E-state index contributed by atoms with van der Waals surface area (Å²) in [6.45, 7) is 4.45. The molecule has 0 saturated carbocycles. The predicted octanol–water partition coefficient (Wildman–Crippen LogP) is 4.49. The van der Waals surface area contributed by atoms with Crippen molar-refractivity contribution in [2.75, 3.05) is 5.32 Å². The molecule has 0 heterocycles. The number of nitrogens with one attached hydrogen (secondary N) is 2. The second-order valence-electron chi connectivity index (χ2n) is 6.45. The van der Waals surface area contributed by atoms with Crippen LogP contribution in [-0.4, -0.2) is 11.8 Å². The molecule has 4 heteroatoms. The van der Waals surface area contributed by atoms with Crippen LogP contribution < -0.4 is 10.6 Å². The summed E-state index contributed by atoms with van der Waals surface area (Å²) >= 11 is 0. The van der Waals surface area contributed by atoms with E-state index >= 15 is 0 Å². The maximum atomic E-state index is 12.5. The number of hydrogen-bond acceptors (Lipinski definition) is 2. The van der Waals surface area contributed by atoms with Gasteiger partial charge >= 0.3 is 0 Å². The van der Waals surface area contributed by atoms with Crippen LogP contribution >= 0.6 is 0 Å². The average Bonchev–Trinajstić information content (AvgIpc) is 2.70. The fraction of sp³-hybridized carbons (Fsp3) is 0.130. The third-order valence-electron chi connectivity index (χ3n) is 4.56. The van der Waals surface area contributed by atoms with Crippen molar-refractivity contribution in [3.05, 3.63) is 101 Å². The van der Waals surface area contributed by atoms with E-state index in [9.17, 15) is 9.59 Å². The van der Waals surface area contributed by atoms with Gasteiger partial charge in [0.05, 0.1) is 0 Å². The van der Waals surface area contributed by atoms with E-state index in [1.807, 2.05) is 62.4 Å². The van der Waals surface area contributed by atoms with Gasteiger partial charge in [0.15, 0.2) is 0 Å². The molecule has 3 rings (SSSR count). The zero-order chi connectivity index (χ0) is 19.2. The zero-order valence-electron chi connectivity index (χ0n) is 15.5. The minimum absolute atomic E-state index is 0.166. The molecule has 4 nitrogen and oxygen atoms in total. The van der Waals surface area contributed by atoms with E-state index in [4.69, 9.17) is 0 Å². The Hall–Kier alpha value is -3.40. The smallest absolute Gasteiger partial charge is 0.255 e. The van der Waals surface area contributed by atoms with Gasteiger partial charge in [0.2, 0.25) is 0 Å². The summed E-state index contributed by atoms with van der Waals surface area (Å²) in [4.78, 5) is 24.7. The van der Waals surface area contributed by atoms with Crippen LogP contribution in [0.25, 0.3) is 0 Å². The Morgan fingerprint density at radius 2 is 1.37 bits per heavy atom. The zero-order valence-corrected chi connectivity index (χ0v) is 15.5. The van der Waals surface area contributed by atoms with E-state index in [1.54, 1.807) is 24.3 Å². The van der Waals surface area contributed by atoms with Gasteiger partial charge in [0, 0.05) is 23.4 Å². The van der Waals surface area contributed by atoms with Crippen LogP contribution in [0.4, 0.5) is 5.69 Å². The number of benzene rings is 3. The molecule has 0 aliphatic carbocycles. The molecule has 0 radical (unpaired) electrons. The minimum atomic E-state index is -0.194. The van der Waals surface area contributed by atoms with E-state index in [2.05, 4.69) is 10.6 Å². The summed E-state index contributed by atoms with van der Waals surface area (Å²) < 4.78 is 0. The van der Waals surface area contributed by atoms with E-state index in [0.717, 1.165) is 22.4 Å². The van der Waals surface area contributed by atoms with Crippen molar-refractivity contribution in [2.45, 2.75) is 20.4 Å². The lowest BCUT2D eigenvalue weighted by Crippen LogP contribution is -2.23. The Morgan fingerprint density at radius 1 is 0.741 bits per heavy atom. The van der Waals surface area contributed by atoms with Gasteiger partial charge in [-0.05, 0) is 60.9 Å². The van der Waals surface area contributed by atoms with E-state index in [-0.39, 0.29) is 11.8 Å². The summed E-state index contributed by atoms with van der Waals surface area (Å²) in [5.74, 6) is -0.361. The molecule has 0 atom stereocenters. The molecule has 2 N–H and O–H groups in total. The molecule has 0 unspecified atom stereocenters. The highest BCUT2D eigenvalue weighted by Gasteiger charge is 2.10. The SMILES string of the molecule is Cc1cccc(NC(=O)c2ccc(C(=O)NCc3ccccc3)cc2)c1C. The first-order chi connectivity index (χ1) is 13.0. The molecule has 0 aliphatic heterocycles. The van der Waals surface area contributed by atoms with Crippen molar-refractivity contribution in [2.24, 2.45) is 0 Å². The lowest BCUT2D eigenvalue weighted by molar-refractivity contribution is 0.0949. The van der Waals surface area contributed by atoms with Crippen LogP contribution in [0.2, 0.25) is 0 Å². The molecule has 27 heavy (non-hydrogen) atoms. The van der Waals surface area contributed by atoms with E-state index in [0.29, 0.717) is 17.7 Å². The van der Waals surface area contributed by atoms with Gasteiger partial charge < -0.3 is 10.6 Å². The van der Waals surface area contributed by atoms with Crippen molar-refractivity contribution in [3.8, 4) is 0 Å². The number of anilines is 1. The lowest BCUT2D eigenvalue weighted by atomic mass is 10.1. The Bertz CT molecular complexity index is 948. The van der Waals surface area contributed by atoms with Crippen molar-refractivity contribution >= 4 is 17.5 Å². The summed E-state index contributed by atoms with van der Waals surface area (Å²) in [6.07, 6.45) is 0. The Balaban J connectivity index is 1.63. The van der Waals surface area contributed by atoms with Crippen LogP contribution in [0, 0.1) is 13.8 Å². The quantitative estimate of drug-likeness (QED) is 0.706. The van der Waals surface area contributed by atoms with Crippen molar-refractivity contribution in [1.82, 2.24) is 5.32 Å². The van der Waals surface area contributed by atoms with Gasteiger partial charge in [0.25, 0.3) is 11.8 Å². The molecule has 0 aliphatic rings. The van der Waals surface area contributed by atoms with Crippen molar-refractivity contribution in [1.29, 1.82) is 0 Å². The van der Waals surface area contributed by atoms with Gasteiger partial charge in [-0.15, -0.1) is 0 Å². The van der Waals surface area contributed by atoms with Crippen molar-refractivity contribution in [3.63, 3.8) is 0 Å². The first-order valence-corrected chi connectivity index (χ1v) is 8.84. The Kier molecular flexibility index (Phi) is 5.67. The molecule has 3 aromatic rings. The molecule has 0 bridgehead atoms. The molecule has 2 amide bonds. The highest BCUT2D eigenvalue weighted by atomic mass is 16.2. The van der Waals surface area contributed by atoms with Crippen LogP contribution in [0.5, 0.6) is 0 Å². The number of aryl methyl sites for hydroxylation is 1. The van der Waals surface area contributed by atoms with Crippen molar-refractivity contribution < 1.29 is 9.59 Å². The number of amides is 2. The first kappa shape index (κ1) is 18.4. The second-order valence-corrected chi connectivity index (χ2v) is 6.45. The first-order valence-electron chi connectivity index (χ1n) is 8.84. The van der Waals surface area contributed by atoms with Crippen LogP contribution in [0.15, 0.2) is 72.8 Å². The molecular weight excluding hydrogens is 336 g/mol. The largest absolute Gasteiger partial charge is 0.348 e. The fourth-order valence-electron chi connectivity index (χ4n) is 2.73. The number of carbonyl (C=O) groups excluding carboxylic acids is 2. The second kappa shape index (κ2) is 8.32. The third kappa shape index (κ3) is 4.61. The maximum absolute atomic E-state index is 12.5. The number of hydrogen-bond donors (Lipinski definition) is 2. The summed E-state index contributed by atoms with van der Waals surface area (Å²) in [5.41, 5.74) is 5.03. The molecule has 0 aromatic heterocycles. The average molecular weight is 358 g/mol. The van der Waals surface area contributed by atoms with E-state index in [1.165, 1.54) is 0 Å². The van der Waals surface area contributed by atoms with E-state index < -0.39 is 0 Å². The Labute approximate surface area is 159 Å². The summed E-state index contributed by atoms with van der Waals surface area (Å²) in [5, 5.41) is 5.80. The van der Waals surface area contributed by atoms with Gasteiger partial charge in [-0.25, -0.2) is 0 Å². The van der Waals surface area contributed by atoms with Crippen LogP contribution in [-0.2, 0) is 6.54 Å². The van der Waals surface area contributed by atoms with Crippen LogP contribution in [0.3, 0.4) is 0 Å². The summed E-state index contributed by atoms with van der Waals surface area (Å²) in [6, 6.07) is 22.2. The number of carbonyl (C=O) groups is 2. The molecule has 0 saturated heterocycles. The van der Waals surface area contributed by atoms with Gasteiger partial charge in [-0.1, -0.05) is 42.5 Å². The van der Waals surface area contributed by atoms with Gasteiger partial charge in [0.1, 0.15) is 0 Å². The fourth-order valence-corrected chi connectivity index (χ4v) is 2.73. The number of rotatable bonds is 5. The molecule has 0 spiro atoms. The topological polar surface area (TPSA) is 58.2 Å². The monoisotopic (exact) mass is 358 g/mol. The van der Waals surface area contributed by atoms with Gasteiger partial charge in [-0.3, -0.25) is 9.59 Å². The normalized spacial score (nSPS) is 10.3. The molecular formula is C23H22N2O2. The predicted molar refractivity (Wildman–Crippen MR) is 108 cm³/mol. The highest BCUT2D eigenvalue weighted by Crippen LogP contribution is 2.19. The third-order valence-corrected chi connectivity index (χ3v) is 4.56. The standard InChI is InChI=1S/C23H22N2O2/c1-16-7-6-10-21(17(16)2)25-23(27)20-13-11-19(12-14-20)22(26)24-15-18-8-4-3-5-9-18/h3-14H,15H2,1-2H3,(H,24,26)(H,25,27). The van der Waals surface area contributed by atoms with Crippen LogP contribution in [0.1, 0.15) is 37.4 Å². The summed E-state index contributed by atoms with van der Waals surface area (Å²) in [7, 11) is 0. The highest BCUT2D eigenvalue weighted by molar-refractivity contribution is 6.05. The molecule has 136 valence electrons. The maximum Gasteiger partial charge on any atom is 0.255 e.